The minimum absolute atomic E-state index is 0.278. The lowest BCUT2D eigenvalue weighted by Gasteiger charge is -2.11. The van der Waals surface area contributed by atoms with Crippen LogP contribution in [0.4, 0.5) is 0 Å². The number of carbonyl (C=O) groups is 2. The van der Waals surface area contributed by atoms with E-state index in [0.717, 1.165) is 8.95 Å². The van der Waals surface area contributed by atoms with Crippen LogP contribution in [0.15, 0.2) is 83.7 Å². The molecule has 0 spiro atoms. The lowest BCUT2D eigenvalue weighted by Crippen LogP contribution is -2.17. The normalized spacial score (nSPS) is 10.8. The molecule has 3 rings (SSSR count). The Morgan fingerprint density at radius 1 is 0.867 bits per heavy atom. The Hall–Kier alpha value is -1.81. The van der Waals surface area contributed by atoms with Gasteiger partial charge in [-0.1, -0.05) is 44.0 Å². The number of esters is 1. The third-order valence-electron chi connectivity index (χ3n) is 3.80. The highest BCUT2D eigenvalue weighted by atomic mass is 79.9. The van der Waals surface area contributed by atoms with Crippen molar-refractivity contribution >= 4 is 81.8 Å². The summed E-state index contributed by atoms with van der Waals surface area (Å²) in [7, 11) is 0. The summed E-state index contributed by atoms with van der Waals surface area (Å²) in [5, 5.41) is 4.00. The van der Waals surface area contributed by atoms with Gasteiger partial charge in [0, 0.05) is 24.5 Å². The Balaban J connectivity index is 1.81. The first-order chi connectivity index (χ1) is 14.3. The monoisotopic (exact) mass is 656 g/mol. The average Bonchev–Trinajstić information content (AvgIpc) is 2.71. The Morgan fingerprint density at radius 3 is 2.27 bits per heavy atom. The summed E-state index contributed by atoms with van der Waals surface area (Å²) in [6.45, 7) is 0. The van der Waals surface area contributed by atoms with Crippen LogP contribution in [0.2, 0.25) is 0 Å². The number of nitrogens with zero attached hydrogens (tertiary/aromatic N) is 1. The number of halogens is 4. The van der Waals surface area contributed by atoms with E-state index < -0.39 is 5.97 Å². The van der Waals surface area contributed by atoms with Crippen LogP contribution in [0.3, 0.4) is 0 Å². The average molecular weight is 660 g/mol. The van der Waals surface area contributed by atoms with Gasteiger partial charge in [0.2, 0.25) is 0 Å². The molecule has 0 atom stereocenters. The molecular formula is C21H12Br4N2O3. The molecule has 0 bridgehead atoms. The van der Waals surface area contributed by atoms with Gasteiger partial charge in [-0.3, -0.25) is 4.79 Å². The van der Waals surface area contributed by atoms with E-state index in [0.29, 0.717) is 25.6 Å². The van der Waals surface area contributed by atoms with Crippen LogP contribution in [0.1, 0.15) is 26.3 Å². The Kier molecular flexibility index (Phi) is 7.99. The van der Waals surface area contributed by atoms with Gasteiger partial charge in [0.25, 0.3) is 5.91 Å². The summed E-state index contributed by atoms with van der Waals surface area (Å²) in [6, 6.07) is 17.3. The fourth-order valence-corrected chi connectivity index (χ4v) is 4.43. The quantitative estimate of drug-likeness (QED) is 0.143. The third kappa shape index (κ3) is 5.87. The summed E-state index contributed by atoms with van der Waals surface area (Å²) in [6.07, 6.45) is 1.41. The second-order valence-corrected chi connectivity index (χ2v) is 9.42. The minimum Gasteiger partial charge on any atom is -0.421 e. The molecule has 5 nitrogen and oxygen atoms in total. The van der Waals surface area contributed by atoms with Crippen LogP contribution in [0.25, 0.3) is 0 Å². The molecule has 3 aromatic rings. The molecule has 9 heteroatoms. The highest BCUT2D eigenvalue weighted by molar-refractivity contribution is 9.11. The van der Waals surface area contributed by atoms with Gasteiger partial charge < -0.3 is 4.74 Å². The highest BCUT2D eigenvalue weighted by Gasteiger charge is 2.17. The Bertz CT molecular complexity index is 1130. The van der Waals surface area contributed by atoms with Crippen molar-refractivity contribution in [3.8, 4) is 5.75 Å². The molecule has 0 heterocycles. The van der Waals surface area contributed by atoms with Gasteiger partial charge in [0.05, 0.1) is 16.3 Å². The maximum Gasteiger partial charge on any atom is 0.344 e. The molecule has 3 aromatic carbocycles. The summed E-state index contributed by atoms with van der Waals surface area (Å²) < 4.78 is 8.41. The number of carbonyl (C=O) groups excluding carboxylic acids is 2. The number of amides is 1. The summed E-state index contributed by atoms with van der Waals surface area (Å²) in [5.41, 5.74) is 3.81. The number of hydrazone groups is 1. The van der Waals surface area contributed by atoms with E-state index in [-0.39, 0.29) is 11.7 Å². The molecule has 0 aliphatic carbocycles. The van der Waals surface area contributed by atoms with Crippen LogP contribution in [-0.4, -0.2) is 18.1 Å². The van der Waals surface area contributed by atoms with Crippen LogP contribution in [0.5, 0.6) is 5.75 Å². The maximum absolute atomic E-state index is 12.6. The van der Waals surface area contributed by atoms with E-state index in [4.69, 9.17) is 4.74 Å². The predicted octanol–water partition coefficient (Wildman–Crippen LogP) is 6.72. The Labute approximate surface area is 206 Å². The van der Waals surface area contributed by atoms with E-state index in [2.05, 4.69) is 74.2 Å². The van der Waals surface area contributed by atoms with E-state index in [1.54, 1.807) is 54.6 Å². The number of rotatable bonds is 5. The second kappa shape index (κ2) is 10.5. The smallest absolute Gasteiger partial charge is 0.344 e. The zero-order valence-corrected chi connectivity index (χ0v) is 21.4. The van der Waals surface area contributed by atoms with Crippen molar-refractivity contribution in [2.45, 2.75) is 0 Å². The molecule has 1 N–H and O–H groups in total. The van der Waals surface area contributed by atoms with Gasteiger partial charge in [-0.05, 0) is 80.4 Å². The van der Waals surface area contributed by atoms with Crippen LogP contribution < -0.4 is 10.2 Å². The van der Waals surface area contributed by atoms with Crippen molar-refractivity contribution in [3.05, 3.63) is 95.2 Å². The van der Waals surface area contributed by atoms with Gasteiger partial charge in [-0.15, -0.1) is 0 Å². The van der Waals surface area contributed by atoms with E-state index >= 15 is 0 Å². The second-order valence-electron chi connectivity index (χ2n) is 5.88. The summed E-state index contributed by atoms with van der Waals surface area (Å²) >= 11 is 13.5. The van der Waals surface area contributed by atoms with Crippen LogP contribution in [-0.2, 0) is 0 Å². The highest BCUT2D eigenvalue weighted by Crippen LogP contribution is 2.33. The van der Waals surface area contributed by atoms with Gasteiger partial charge in [0.15, 0.2) is 5.75 Å². The van der Waals surface area contributed by atoms with E-state index in [1.165, 1.54) is 6.21 Å². The van der Waals surface area contributed by atoms with Crippen LogP contribution >= 0.6 is 63.7 Å². The first-order valence-electron chi connectivity index (χ1n) is 8.40. The molecule has 0 fully saturated rings. The minimum atomic E-state index is -0.529. The molecule has 152 valence electrons. The number of nitrogens with one attached hydrogen (secondary N) is 1. The molecular weight excluding hydrogens is 648 g/mol. The number of benzene rings is 3. The van der Waals surface area contributed by atoms with Crippen molar-refractivity contribution in [3.63, 3.8) is 0 Å². The lowest BCUT2D eigenvalue weighted by molar-refractivity contribution is 0.0732. The molecule has 0 aliphatic rings. The zero-order chi connectivity index (χ0) is 21.7. The maximum atomic E-state index is 12.6. The van der Waals surface area contributed by atoms with Crippen molar-refractivity contribution in [2.75, 3.05) is 0 Å². The SMILES string of the molecule is O=C(N/N=C/c1cc(Br)cc(Br)c1OC(=O)c1ccccc1Br)c1ccc(Br)cc1. The molecule has 0 aliphatic heterocycles. The van der Waals surface area contributed by atoms with Crippen molar-refractivity contribution in [2.24, 2.45) is 5.10 Å². The lowest BCUT2D eigenvalue weighted by atomic mass is 10.2. The van der Waals surface area contributed by atoms with Gasteiger partial charge in [-0.2, -0.15) is 5.10 Å². The molecule has 0 unspecified atom stereocenters. The van der Waals surface area contributed by atoms with Gasteiger partial charge in [-0.25, -0.2) is 10.2 Å². The molecule has 0 radical (unpaired) electrons. The van der Waals surface area contributed by atoms with E-state index in [1.807, 2.05) is 6.07 Å². The van der Waals surface area contributed by atoms with Crippen molar-refractivity contribution in [1.29, 1.82) is 0 Å². The fourth-order valence-electron chi connectivity index (χ4n) is 2.38. The van der Waals surface area contributed by atoms with Gasteiger partial charge in [0.1, 0.15) is 0 Å². The molecule has 30 heavy (non-hydrogen) atoms. The molecule has 0 saturated carbocycles. The molecule has 0 aromatic heterocycles. The number of hydrogen-bond acceptors (Lipinski definition) is 4. The predicted molar refractivity (Wildman–Crippen MR) is 130 cm³/mol. The fraction of sp³-hybridized carbons (Fsp3) is 0. The van der Waals surface area contributed by atoms with E-state index in [9.17, 15) is 9.59 Å². The first kappa shape index (κ1) is 22.9. The van der Waals surface area contributed by atoms with Crippen LogP contribution in [0, 0.1) is 0 Å². The van der Waals surface area contributed by atoms with Crippen molar-refractivity contribution in [1.82, 2.24) is 5.43 Å². The Morgan fingerprint density at radius 2 is 1.57 bits per heavy atom. The van der Waals surface area contributed by atoms with Crippen molar-refractivity contribution < 1.29 is 14.3 Å². The third-order valence-corrected chi connectivity index (χ3v) is 6.07. The first-order valence-corrected chi connectivity index (χ1v) is 11.6. The largest absolute Gasteiger partial charge is 0.421 e. The number of ether oxygens (including phenoxy) is 1. The van der Waals surface area contributed by atoms with Gasteiger partial charge >= 0.3 is 5.97 Å². The summed E-state index contributed by atoms with van der Waals surface area (Å²) in [5.74, 6) is -0.612. The topological polar surface area (TPSA) is 67.8 Å². The standard InChI is InChI=1S/C21H12Br4N2O3/c22-14-7-5-12(6-8-14)20(28)27-26-11-13-9-15(23)10-18(25)19(13)30-21(29)16-3-1-2-4-17(16)24/h1-11H,(H,27,28)/b26-11+. The molecule has 1 amide bonds. The number of hydrogen-bond donors (Lipinski definition) is 1. The molecule has 0 saturated heterocycles. The summed E-state index contributed by atoms with van der Waals surface area (Å²) in [4.78, 5) is 24.8. The zero-order valence-electron chi connectivity index (χ0n) is 15.0.